The van der Waals surface area contributed by atoms with Crippen molar-refractivity contribution in [2.45, 2.75) is 25.2 Å². The van der Waals surface area contributed by atoms with Crippen molar-refractivity contribution in [3.05, 3.63) is 6.54 Å². The van der Waals surface area contributed by atoms with Crippen molar-refractivity contribution in [1.82, 2.24) is 25.9 Å². The predicted molar refractivity (Wildman–Crippen MR) is 66.3 cm³/mol. The van der Waals surface area contributed by atoms with Crippen LogP contribution in [0.1, 0.15) is 6.92 Å². The van der Waals surface area contributed by atoms with E-state index in [-0.39, 0.29) is 24.2 Å². The SMILES string of the molecule is CC1CNCCN1C(=O)C1CN2C=NNC2[C]N1. The van der Waals surface area contributed by atoms with Gasteiger partial charge in [0.2, 0.25) is 5.91 Å². The van der Waals surface area contributed by atoms with Gasteiger partial charge in [0.25, 0.3) is 0 Å². The third-order valence-electron chi connectivity index (χ3n) is 3.60. The monoisotopic (exact) mass is 250 g/mol. The zero-order valence-electron chi connectivity index (χ0n) is 10.4. The lowest BCUT2D eigenvalue weighted by molar-refractivity contribution is -0.137. The fourth-order valence-electron chi connectivity index (χ4n) is 2.53. The molecule has 3 N–H and O–H groups in total. The summed E-state index contributed by atoms with van der Waals surface area (Å²) in [5.41, 5.74) is 2.89. The average Bonchev–Trinajstić information content (AvgIpc) is 2.85. The molecule has 3 atom stereocenters. The van der Waals surface area contributed by atoms with Crippen molar-refractivity contribution in [3.8, 4) is 0 Å². The fraction of sp³-hybridized carbons (Fsp3) is 0.727. The summed E-state index contributed by atoms with van der Waals surface area (Å²) >= 11 is 0. The van der Waals surface area contributed by atoms with Crippen molar-refractivity contribution in [2.75, 3.05) is 26.2 Å². The van der Waals surface area contributed by atoms with E-state index in [1.165, 1.54) is 0 Å². The maximum absolute atomic E-state index is 12.5. The van der Waals surface area contributed by atoms with Gasteiger partial charge in [-0.1, -0.05) is 0 Å². The summed E-state index contributed by atoms with van der Waals surface area (Å²) in [6, 6.07) is 0.0179. The van der Waals surface area contributed by atoms with Crippen LogP contribution in [-0.2, 0) is 4.79 Å². The number of carbonyl (C=O) groups is 1. The third-order valence-corrected chi connectivity index (χ3v) is 3.60. The molecule has 0 aromatic heterocycles. The molecule has 0 spiro atoms. The van der Waals surface area contributed by atoms with Gasteiger partial charge in [-0.05, 0) is 6.92 Å². The molecule has 3 aliphatic heterocycles. The fourth-order valence-corrected chi connectivity index (χ4v) is 2.53. The van der Waals surface area contributed by atoms with Gasteiger partial charge in [-0.15, -0.1) is 0 Å². The van der Waals surface area contributed by atoms with Crippen LogP contribution in [0.2, 0.25) is 0 Å². The Morgan fingerprint density at radius 2 is 2.44 bits per heavy atom. The van der Waals surface area contributed by atoms with Crippen molar-refractivity contribution in [3.63, 3.8) is 0 Å². The van der Waals surface area contributed by atoms with E-state index in [4.69, 9.17) is 0 Å². The molecule has 0 saturated carbocycles. The second-order valence-corrected chi connectivity index (χ2v) is 4.90. The standard InChI is InChI=1S/C11H18N6O/c1-8-4-12-2-3-17(8)11(18)9-6-16-7-14-15-10(16)5-13-9/h7-10,12-13,15H,2-4,6H2,1H3. The summed E-state index contributed by atoms with van der Waals surface area (Å²) in [6.45, 7) is 8.24. The number of nitrogens with zero attached hydrogens (tertiary/aromatic N) is 3. The molecule has 3 heterocycles. The van der Waals surface area contributed by atoms with Crippen LogP contribution < -0.4 is 16.1 Å². The smallest absolute Gasteiger partial charge is 0.241 e. The maximum Gasteiger partial charge on any atom is 0.241 e. The Morgan fingerprint density at radius 1 is 1.56 bits per heavy atom. The maximum atomic E-state index is 12.5. The molecule has 3 aliphatic rings. The van der Waals surface area contributed by atoms with E-state index >= 15 is 0 Å². The normalized spacial score (nSPS) is 35.3. The lowest BCUT2D eigenvalue weighted by Gasteiger charge is -2.40. The molecule has 7 heteroatoms. The summed E-state index contributed by atoms with van der Waals surface area (Å²) < 4.78 is 0. The van der Waals surface area contributed by atoms with E-state index in [9.17, 15) is 4.79 Å². The van der Waals surface area contributed by atoms with E-state index in [1.807, 2.05) is 9.80 Å². The largest absolute Gasteiger partial charge is 0.336 e. The third kappa shape index (κ3) is 2.04. The highest BCUT2D eigenvalue weighted by Crippen LogP contribution is 2.13. The highest BCUT2D eigenvalue weighted by atomic mass is 16.2. The number of rotatable bonds is 1. The van der Waals surface area contributed by atoms with Crippen LogP contribution in [0.25, 0.3) is 0 Å². The zero-order chi connectivity index (χ0) is 12.5. The Kier molecular flexibility index (Phi) is 3.09. The van der Waals surface area contributed by atoms with Gasteiger partial charge in [0.15, 0.2) is 0 Å². The minimum atomic E-state index is -0.229. The Hall–Kier alpha value is -1.34. The number of fused-ring (bicyclic) bond motifs is 1. The van der Waals surface area contributed by atoms with Crippen molar-refractivity contribution < 1.29 is 4.79 Å². The molecule has 1 amide bonds. The number of amides is 1. The molecule has 0 aliphatic carbocycles. The van der Waals surface area contributed by atoms with Gasteiger partial charge in [-0.2, -0.15) is 5.10 Å². The van der Waals surface area contributed by atoms with Gasteiger partial charge in [-0.3, -0.25) is 15.5 Å². The van der Waals surface area contributed by atoms with Gasteiger partial charge >= 0.3 is 0 Å². The van der Waals surface area contributed by atoms with E-state index in [2.05, 4.69) is 34.6 Å². The van der Waals surface area contributed by atoms with Gasteiger partial charge in [0, 0.05) is 32.2 Å². The molecule has 2 radical (unpaired) electrons. The van der Waals surface area contributed by atoms with Gasteiger partial charge in [0.05, 0.1) is 0 Å². The summed E-state index contributed by atoms with van der Waals surface area (Å²) in [5, 5.41) is 10.3. The first-order chi connectivity index (χ1) is 8.75. The molecule has 3 unspecified atom stereocenters. The number of hydrogen-bond donors (Lipinski definition) is 3. The molecule has 18 heavy (non-hydrogen) atoms. The first-order valence-corrected chi connectivity index (χ1v) is 6.32. The molecule has 0 aromatic carbocycles. The summed E-state index contributed by atoms with van der Waals surface area (Å²) in [6.07, 6.45) is 1.68. The topological polar surface area (TPSA) is 72.0 Å². The molecule has 98 valence electrons. The van der Waals surface area contributed by atoms with Crippen LogP contribution in [0, 0.1) is 6.54 Å². The van der Waals surface area contributed by atoms with Gasteiger partial charge in [-0.25, -0.2) is 0 Å². The summed E-state index contributed by atoms with van der Waals surface area (Å²) in [7, 11) is 0. The minimum absolute atomic E-state index is 0.0468. The van der Waals surface area contributed by atoms with Gasteiger partial charge in [0.1, 0.15) is 25.1 Å². The molecule has 7 nitrogen and oxygen atoms in total. The first kappa shape index (κ1) is 11.7. The number of nitrogens with one attached hydrogen (secondary N) is 3. The van der Waals surface area contributed by atoms with Gasteiger partial charge < -0.3 is 15.1 Å². The van der Waals surface area contributed by atoms with Crippen LogP contribution >= 0.6 is 0 Å². The Morgan fingerprint density at radius 3 is 3.28 bits per heavy atom. The Labute approximate surface area is 107 Å². The highest BCUT2D eigenvalue weighted by Gasteiger charge is 2.36. The van der Waals surface area contributed by atoms with Crippen molar-refractivity contribution >= 4 is 12.2 Å². The molecule has 0 bridgehead atoms. The summed E-state index contributed by atoms with van der Waals surface area (Å²) in [5.74, 6) is 0.148. The quantitative estimate of drug-likeness (QED) is 0.502. The molecule has 3 rings (SSSR count). The Balaban J connectivity index is 1.63. The first-order valence-electron chi connectivity index (χ1n) is 6.32. The van der Waals surface area contributed by atoms with Crippen molar-refractivity contribution in [1.29, 1.82) is 0 Å². The van der Waals surface area contributed by atoms with Crippen molar-refractivity contribution in [2.24, 2.45) is 5.10 Å². The molecular weight excluding hydrogens is 232 g/mol. The molecular formula is C11H18N6O. The number of hydrogen-bond acceptors (Lipinski definition) is 6. The molecule has 2 saturated heterocycles. The molecule has 0 aromatic rings. The van der Waals surface area contributed by atoms with Crippen LogP contribution in [0.3, 0.4) is 0 Å². The highest BCUT2D eigenvalue weighted by molar-refractivity contribution is 5.83. The lowest BCUT2D eigenvalue weighted by atomic mass is 10.1. The number of carbonyl (C=O) groups excluding carboxylic acids is 1. The Bertz CT molecular complexity index is 359. The average molecular weight is 250 g/mol. The lowest BCUT2D eigenvalue weighted by Crippen LogP contribution is -2.63. The van der Waals surface area contributed by atoms with Crippen LogP contribution in [0.5, 0.6) is 0 Å². The van der Waals surface area contributed by atoms with E-state index in [1.54, 1.807) is 6.34 Å². The van der Waals surface area contributed by atoms with Crippen LogP contribution in [0.15, 0.2) is 5.10 Å². The van der Waals surface area contributed by atoms with Crippen LogP contribution in [-0.4, -0.2) is 66.5 Å². The van der Waals surface area contributed by atoms with Crippen LogP contribution in [0.4, 0.5) is 0 Å². The molecule has 2 fully saturated rings. The second-order valence-electron chi connectivity index (χ2n) is 4.90. The van der Waals surface area contributed by atoms with E-state index in [0.717, 1.165) is 19.6 Å². The van der Waals surface area contributed by atoms with E-state index in [0.29, 0.717) is 6.54 Å². The summed E-state index contributed by atoms with van der Waals surface area (Å²) in [4.78, 5) is 16.4. The predicted octanol–water partition coefficient (Wildman–Crippen LogP) is -2.01. The number of piperazine rings is 2. The van der Waals surface area contributed by atoms with E-state index < -0.39 is 0 Å². The number of hydrazone groups is 1. The second kappa shape index (κ2) is 4.74. The zero-order valence-corrected chi connectivity index (χ0v) is 10.4. The minimum Gasteiger partial charge on any atom is -0.336 e.